The maximum Gasteiger partial charge on any atom is 0.330 e. The van der Waals surface area contributed by atoms with Gasteiger partial charge in [-0.25, -0.2) is 9.79 Å². The van der Waals surface area contributed by atoms with Gasteiger partial charge in [0.05, 0.1) is 11.4 Å². The van der Waals surface area contributed by atoms with Crippen molar-refractivity contribution in [1.82, 2.24) is 9.13 Å². The number of aryl methyl sites for hydroxylation is 4. The summed E-state index contributed by atoms with van der Waals surface area (Å²) >= 11 is 0. The van der Waals surface area contributed by atoms with E-state index < -0.39 is 0 Å². The lowest BCUT2D eigenvalue weighted by Gasteiger charge is -2.23. The number of nitrogens with zero attached hydrogens (tertiary/aromatic N) is 3. The van der Waals surface area contributed by atoms with E-state index in [9.17, 15) is 4.79 Å². The van der Waals surface area contributed by atoms with Crippen molar-refractivity contribution in [3.8, 4) is 11.3 Å². The van der Waals surface area contributed by atoms with Crippen molar-refractivity contribution in [3.63, 3.8) is 0 Å². The van der Waals surface area contributed by atoms with Gasteiger partial charge in [-0.2, -0.15) is 0 Å². The molecule has 1 aliphatic rings. The van der Waals surface area contributed by atoms with Crippen LogP contribution in [0.5, 0.6) is 0 Å². The standard InChI is InChI=1S/C24H25N3O/c1-5-11-27-22(25-23-17(3)13-16(2)14-18(23)4)15-21-20-9-7-6-8-19(20)10-12-26(21)24(27)28/h5-9,13-15H,1,10-12H2,2-4H3/b25-22-. The molecule has 1 aromatic heterocycles. The molecule has 0 saturated carbocycles. The van der Waals surface area contributed by atoms with Gasteiger partial charge in [-0.05, 0) is 43.9 Å². The van der Waals surface area contributed by atoms with Gasteiger partial charge < -0.3 is 0 Å². The predicted octanol–water partition coefficient (Wildman–Crippen LogP) is 4.22. The summed E-state index contributed by atoms with van der Waals surface area (Å²) in [6.07, 6.45) is 2.61. The average Bonchev–Trinajstić information content (AvgIpc) is 2.67. The summed E-state index contributed by atoms with van der Waals surface area (Å²) < 4.78 is 3.57. The first-order valence-electron chi connectivity index (χ1n) is 9.66. The molecule has 0 fully saturated rings. The van der Waals surface area contributed by atoms with Gasteiger partial charge in [0, 0.05) is 24.7 Å². The van der Waals surface area contributed by atoms with E-state index in [0.717, 1.165) is 34.5 Å². The third kappa shape index (κ3) is 3.05. The zero-order valence-electron chi connectivity index (χ0n) is 16.7. The van der Waals surface area contributed by atoms with Gasteiger partial charge in [-0.3, -0.25) is 9.13 Å². The molecular weight excluding hydrogens is 346 g/mol. The van der Waals surface area contributed by atoms with Crippen LogP contribution in [0.25, 0.3) is 11.3 Å². The van der Waals surface area contributed by atoms with Crippen LogP contribution < -0.4 is 11.2 Å². The van der Waals surface area contributed by atoms with Gasteiger partial charge in [-0.1, -0.05) is 48.0 Å². The molecule has 0 radical (unpaired) electrons. The SMILES string of the molecule is C=CCn1c(=O)n2c(c/c1=N/c1c(C)cc(C)cc1C)-c1ccccc1CC2. The van der Waals surface area contributed by atoms with Crippen LogP contribution in [0.4, 0.5) is 5.69 Å². The molecule has 2 heterocycles. The molecule has 0 N–H and O–H groups in total. The third-order valence-corrected chi connectivity index (χ3v) is 5.37. The van der Waals surface area contributed by atoms with Crippen LogP contribution in [0.1, 0.15) is 22.3 Å². The molecule has 0 atom stereocenters. The number of hydrogen-bond donors (Lipinski definition) is 0. The minimum Gasteiger partial charge on any atom is -0.293 e. The van der Waals surface area contributed by atoms with E-state index in [1.54, 1.807) is 10.6 Å². The zero-order valence-corrected chi connectivity index (χ0v) is 16.7. The predicted molar refractivity (Wildman–Crippen MR) is 114 cm³/mol. The van der Waals surface area contributed by atoms with E-state index in [1.165, 1.54) is 11.1 Å². The van der Waals surface area contributed by atoms with Crippen molar-refractivity contribution >= 4 is 5.69 Å². The van der Waals surface area contributed by atoms with Crippen molar-refractivity contribution < 1.29 is 0 Å². The lowest BCUT2D eigenvalue weighted by atomic mass is 9.98. The minimum absolute atomic E-state index is 0.0342. The molecule has 0 bridgehead atoms. The van der Waals surface area contributed by atoms with E-state index in [-0.39, 0.29) is 5.69 Å². The molecule has 0 aliphatic carbocycles. The smallest absolute Gasteiger partial charge is 0.293 e. The largest absolute Gasteiger partial charge is 0.330 e. The second-order valence-electron chi connectivity index (χ2n) is 7.49. The van der Waals surface area contributed by atoms with Crippen LogP contribution in [0.15, 0.2) is 64.9 Å². The lowest BCUT2D eigenvalue weighted by molar-refractivity contribution is 0.573. The van der Waals surface area contributed by atoms with Crippen LogP contribution >= 0.6 is 0 Å². The Balaban J connectivity index is 2.05. The van der Waals surface area contributed by atoms with E-state index in [1.807, 2.05) is 16.7 Å². The summed E-state index contributed by atoms with van der Waals surface area (Å²) in [5.41, 5.74) is 8.33. The zero-order chi connectivity index (χ0) is 19.8. The van der Waals surface area contributed by atoms with E-state index in [0.29, 0.717) is 18.6 Å². The Bertz CT molecular complexity index is 1190. The lowest BCUT2D eigenvalue weighted by Crippen LogP contribution is -2.41. The summed E-state index contributed by atoms with van der Waals surface area (Å²) in [5.74, 6) is 0. The Hall–Kier alpha value is -3.14. The highest BCUT2D eigenvalue weighted by molar-refractivity contribution is 5.65. The molecule has 0 saturated heterocycles. The number of allylic oxidation sites excluding steroid dienone is 1. The minimum atomic E-state index is -0.0342. The molecule has 142 valence electrons. The summed E-state index contributed by atoms with van der Waals surface area (Å²) in [6.45, 7) is 11.2. The Kier molecular flexibility index (Phi) is 4.63. The van der Waals surface area contributed by atoms with Crippen molar-refractivity contribution in [2.75, 3.05) is 0 Å². The average molecular weight is 371 g/mol. The molecule has 1 aliphatic heterocycles. The molecule has 0 spiro atoms. The Morgan fingerprint density at radius 3 is 2.54 bits per heavy atom. The van der Waals surface area contributed by atoms with E-state index in [4.69, 9.17) is 4.99 Å². The second-order valence-corrected chi connectivity index (χ2v) is 7.49. The van der Waals surface area contributed by atoms with Crippen LogP contribution in [0.3, 0.4) is 0 Å². The molecule has 0 amide bonds. The molecule has 3 aromatic rings. The normalized spacial score (nSPS) is 13.2. The van der Waals surface area contributed by atoms with Crippen LogP contribution in [-0.4, -0.2) is 9.13 Å². The Morgan fingerprint density at radius 1 is 1.11 bits per heavy atom. The van der Waals surface area contributed by atoms with Gasteiger partial charge in [0.1, 0.15) is 5.49 Å². The first kappa shape index (κ1) is 18.2. The number of aromatic nitrogens is 2. The fourth-order valence-electron chi connectivity index (χ4n) is 4.14. The quantitative estimate of drug-likeness (QED) is 0.636. The molecule has 28 heavy (non-hydrogen) atoms. The fraction of sp³-hybridized carbons (Fsp3) is 0.250. The molecule has 4 rings (SSSR count). The van der Waals surface area contributed by atoms with Crippen molar-refractivity contribution in [2.24, 2.45) is 4.99 Å². The van der Waals surface area contributed by atoms with Crippen LogP contribution in [-0.2, 0) is 19.5 Å². The summed E-state index contributed by atoms with van der Waals surface area (Å²) in [5, 5.41) is 0. The first-order valence-corrected chi connectivity index (χ1v) is 9.66. The Morgan fingerprint density at radius 2 is 1.82 bits per heavy atom. The molecule has 0 unspecified atom stereocenters. The molecular formula is C24H25N3O. The Labute approximate surface area is 165 Å². The molecule has 4 nitrogen and oxygen atoms in total. The van der Waals surface area contributed by atoms with Gasteiger partial charge in [-0.15, -0.1) is 6.58 Å². The highest BCUT2D eigenvalue weighted by atomic mass is 16.1. The summed E-state index contributed by atoms with van der Waals surface area (Å²) in [6, 6.07) is 14.6. The van der Waals surface area contributed by atoms with Gasteiger partial charge in [0.25, 0.3) is 0 Å². The first-order chi connectivity index (χ1) is 13.5. The van der Waals surface area contributed by atoms with Gasteiger partial charge >= 0.3 is 5.69 Å². The maximum atomic E-state index is 13.3. The van der Waals surface area contributed by atoms with Crippen molar-refractivity contribution in [2.45, 2.75) is 40.3 Å². The van der Waals surface area contributed by atoms with Crippen molar-refractivity contribution in [3.05, 3.63) is 93.3 Å². The van der Waals surface area contributed by atoms with E-state index >= 15 is 0 Å². The van der Waals surface area contributed by atoms with Gasteiger partial charge in [0.2, 0.25) is 0 Å². The number of hydrogen-bond acceptors (Lipinski definition) is 2. The van der Waals surface area contributed by atoms with Gasteiger partial charge in [0.15, 0.2) is 0 Å². The number of fused-ring (bicyclic) bond motifs is 3. The topological polar surface area (TPSA) is 39.3 Å². The van der Waals surface area contributed by atoms with Crippen molar-refractivity contribution in [1.29, 1.82) is 0 Å². The number of benzene rings is 2. The van der Waals surface area contributed by atoms with Crippen LogP contribution in [0.2, 0.25) is 0 Å². The summed E-state index contributed by atoms with van der Waals surface area (Å²) in [7, 11) is 0. The maximum absolute atomic E-state index is 13.3. The highest BCUT2D eigenvalue weighted by Crippen LogP contribution is 2.27. The molecule has 4 heteroatoms. The monoisotopic (exact) mass is 371 g/mol. The van der Waals surface area contributed by atoms with E-state index in [2.05, 4.69) is 57.7 Å². The number of rotatable bonds is 3. The highest BCUT2D eigenvalue weighted by Gasteiger charge is 2.18. The third-order valence-electron chi connectivity index (χ3n) is 5.37. The molecule has 2 aromatic carbocycles. The fourth-order valence-corrected chi connectivity index (χ4v) is 4.14. The van der Waals surface area contributed by atoms with Crippen LogP contribution in [0, 0.1) is 20.8 Å². The summed E-state index contributed by atoms with van der Waals surface area (Å²) in [4.78, 5) is 18.2. The second kappa shape index (κ2) is 7.12.